The Balaban J connectivity index is 0. The molecule has 0 saturated carbocycles. The molecule has 0 heterocycles. The normalized spacial score (nSPS) is 0. The second kappa shape index (κ2) is 16.2. The Hall–Kier alpha value is 3.34. The summed E-state index contributed by atoms with van der Waals surface area (Å²) in [5.74, 6) is 0. The molecule has 0 rings (SSSR count). The van der Waals surface area contributed by atoms with E-state index in [9.17, 15) is 0 Å². The van der Waals surface area contributed by atoms with E-state index in [4.69, 9.17) is 0 Å². The quantitative estimate of drug-likeness (QED) is 0.365. The van der Waals surface area contributed by atoms with Crippen LogP contribution < -0.4 is 0 Å². The third-order valence-corrected chi connectivity index (χ3v) is 0. The van der Waals surface area contributed by atoms with Crippen molar-refractivity contribution in [2.45, 2.75) is 0 Å². The summed E-state index contributed by atoms with van der Waals surface area (Å²) < 4.78 is 0. The molecule has 0 bridgehead atoms. The van der Waals surface area contributed by atoms with Gasteiger partial charge in [-0.05, 0) is 0 Å². The Labute approximate surface area is 97.6 Å². The first-order valence-electron chi connectivity index (χ1n) is 0. The van der Waals surface area contributed by atoms with Gasteiger partial charge in [-0.3, -0.25) is 0 Å². The van der Waals surface area contributed by atoms with E-state index in [2.05, 4.69) is 0 Å². The maximum atomic E-state index is 0. The molecule has 0 atom stereocenters. The van der Waals surface area contributed by atoms with Crippen LogP contribution in [-0.4, -0.2) is 51.2 Å². The van der Waals surface area contributed by atoms with Gasteiger partial charge in [0.1, 0.15) is 0 Å². The predicted molar refractivity (Wildman–Crippen MR) is 11.5 cm³/mol. The molecule has 0 N–H and O–H groups in total. The van der Waals surface area contributed by atoms with Gasteiger partial charge in [-0.15, -0.1) is 0 Å². The van der Waals surface area contributed by atoms with Gasteiger partial charge in [0.2, 0.25) is 0 Å². The van der Waals surface area contributed by atoms with E-state index in [1.807, 2.05) is 0 Å². The molecule has 0 unspecified atom stereocenters. The van der Waals surface area contributed by atoms with Crippen molar-refractivity contribution in [3.05, 3.63) is 0 Å². The van der Waals surface area contributed by atoms with Crippen molar-refractivity contribution in [2.75, 3.05) is 0 Å². The minimum absolute atomic E-state index is 0. The van der Waals surface area contributed by atoms with E-state index in [0.717, 1.165) is 0 Å². The molecule has 0 nitrogen and oxygen atoms in total. The fraction of sp³-hybridized carbons (Fsp3) is 0. The predicted octanol–water partition coefficient (Wildman–Crippen LogP) is -0.767. The van der Waals surface area contributed by atoms with Crippen molar-refractivity contribution in [1.29, 1.82) is 0 Å². The monoisotopic (exact) mass is 525 g/mol. The molecule has 0 saturated heterocycles. The molecular formula is AgPbSnZr. The first-order chi connectivity index (χ1) is 0. The zero-order chi connectivity index (χ0) is 0. The molecular weight excluding hydrogens is 525 g/mol. The van der Waals surface area contributed by atoms with Crippen molar-refractivity contribution < 1.29 is 48.6 Å². The van der Waals surface area contributed by atoms with E-state index >= 15 is 0 Å². The molecule has 9 radical (unpaired) electrons. The van der Waals surface area contributed by atoms with E-state index < -0.39 is 0 Å². The Bertz CT molecular complexity index is 8.00. The topological polar surface area (TPSA) is 0 Å². The zero-order valence-corrected chi connectivity index (χ0v) is 12.5. The van der Waals surface area contributed by atoms with Gasteiger partial charge in [-0.25, -0.2) is 0 Å². The fourth-order valence-corrected chi connectivity index (χ4v) is 0. The first-order valence-corrected chi connectivity index (χ1v) is 0. The number of hydrogen-bond donors (Lipinski definition) is 0. The molecule has 0 fully saturated rings. The molecule has 0 aliphatic carbocycles. The molecule has 0 aliphatic heterocycles. The van der Waals surface area contributed by atoms with Crippen molar-refractivity contribution >= 4 is 51.2 Å². The molecule has 0 aromatic carbocycles. The largest absolute Gasteiger partial charge is 0 e. The summed E-state index contributed by atoms with van der Waals surface area (Å²) >= 11 is 0. The van der Waals surface area contributed by atoms with Crippen LogP contribution in [0.1, 0.15) is 0 Å². The summed E-state index contributed by atoms with van der Waals surface area (Å²) in [6.07, 6.45) is 0. The third-order valence-electron chi connectivity index (χ3n) is 0. The van der Waals surface area contributed by atoms with E-state index in [-0.39, 0.29) is 99.8 Å². The summed E-state index contributed by atoms with van der Waals surface area (Å²) in [4.78, 5) is 0. The van der Waals surface area contributed by atoms with Crippen molar-refractivity contribution in [2.24, 2.45) is 0 Å². The minimum atomic E-state index is 0. The van der Waals surface area contributed by atoms with Crippen LogP contribution in [0.3, 0.4) is 0 Å². The van der Waals surface area contributed by atoms with Crippen LogP contribution in [0.4, 0.5) is 0 Å². The molecule has 4 heavy (non-hydrogen) atoms. The smallest absolute Gasteiger partial charge is 0 e. The number of hydrogen-bond acceptors (Lipinski definition) is 0. The summed E-state index contributed by atoms with van der Waals surface area (Å²) in [5.41, 5.74) is 0. The summed E-state index contributed by atoms with van der Waals surface area (Å²) in [7, 11) is 0. The molecule has 4 heteroatoms. The molecule has 0 amide bonds. The fourth-order valence-electron chi connectivity index (χ4n) is 0. The average Bonchev–Trinajstić information content (AvgIpc) is 0. The van der Waals surface area contributed by atoms with Crippen LogP contribution in [0, 0.1) is 0 Å². The Morgan fingerprint density at radius 2 is 1.00 bits per heavy atom. The molecule has 0 aliphatic rings. The van der Waals surface area contributed by atoms with Crippen molar-refractivity contribution in [1.82, 2.24) is 0 Å². The molecule has 0 spiro atoms. The maximum Gasteiger partial charge on any atom is 0 e. The minimum Gasteiger partial charge on any atom is 0 e. The van der Waals surface area contributed by atoms with Gasteiger partial charge >= 0.3 is 0 Å². The van der Waals surface area contributed by atoms with Gasteiger partial charge in [0.05, 0.1) is 0 Å². The molecule has 0 aromatic rings. The summed E-state index contributed by atoms with van der Waals surface area (Å²) in [5, 5.41) is 0. The molecule has 23 valence electrons. The van der Waals surface area contributed by atoms with E-state index in [1.165, 1.54) is 0 Å². The van der Waals surface area contributed by atoms with Crippen molar-refractivity contribution in [3.8, 4) is 0 Å². The Morgan fingerprint density at radius 3 is 1.00 bits per heavy atom. The Morgan fingerprint density at radius 1 is 1.00 bits per heavy atom. The van der Waals surface area contributed by atoms with Crippen LogP contribution in [0.5, 0.6) is 0 Å². The van der Waals surface area contributed by atoms with Gasteiger partial charge in [-0.1, -0.05) is 0 Å². The van der Waals surface area contributed by atoms with Crippen LogP contribution >= 0.6 is 0 Å². The molecule has 0 aromatic heterocycles. The SMILES string of the molecule is [Ag].[Pb].[Sn].[Zr]. The van der Waals surface area contributed by atoms with Gasteiger partial charge in [0.25, 0.3) is 0 Å². The second-order valence-electron chi connectivity index (χ2n) is 0. The van der Waals surface area contributed by atoms with Gasteiger partial charge in [0, 0.05) is 99.8 Å². The number of rotatable bonds is 0. The second-order valence-corrected chi connectivity index (χ2v) is 0. The Kier molecular flexibility index (Phi) is 107. The van der Waals surface area contributed by atoms with E-state index in [0.29, 0.717) is 0 Å². The maximum absolute atomic E-state index is 0. The summed E-state index contributed by atoms with van der Waals surface area (Å²) in [6, 6.07) is 0. The standard InChI is InChI=1S/Ag.Pb.Sn.Zr. The average molecular weight is 525 g/mol. The summed E-state index contributed by atoms with van der Waals surface area (Å²) in [6.45, 7) is 0. The zero-order valence-electron chi connectivity index (χ0n) is 1.80. The van der Waals surface area contributed by atoms with E-state index in [1.54, 1.807) is 0 Å². The van der Waals surface area contributed by atoms with Gasteiger partial charge < -0.3 is 0 Å². The van der Waals surface area contributed by atoms with Crippen molar-refractivity contribution in [3.63, 3.8) is 0 Å². The van der Waals surface area contributed by atoms with Gasteiger partial charge in [0.15, 0.2) is 0 Å². The van der Waals surface area contributed by atoms with Crippen LogP contribution in [0.25, 0.3) is 0 Å². The van der Waals surface area contributed by atoms with Crippen LogP contribution in [0.15, 0.2) is 0 Å². The third kappa shape index (κ3) is 9.02. The van der Waals surface area contributed by atoms with Crippen LogP contribution in [0.2, 0.25) is 0 Å². The first kappa shape index (κ1) is 26.4. The van der Waals surface area contributed by atoms with Crippen LogP contribution in [-0.2, 0) is 48.6 Å². The van der Waals surface area contributed by atoms with Gasteiger partial charge in [-0.2, -0.15) is 0 Å².